The van der Waals surface area contributed by atoms with Crippen LogP contribution in [0.4, 0.5) is 20.4 Å². The normalized spacial score (nSPS) is 18.6. The van der Waals surface area contributed by atoms with Crippen LogP contribution in [0.3, 0.4) is 0 Å². The number of carbonyl (C=O) groups excluding carboxylic acids is 1. The third-order valence-electron chi connectivity index (χ3n) is 4.63. The molecule has 156 valence electrons. The quantitative estimate of drug-likeness (QED) is 0.563. The van der Waals surface area contributed by atoms with Crippen LogP contribution in [-0.4, -0.2) is 48.1 Å². The molecule has 0 spiro atoms. The second kappa shape index (κ2) is 7.75. The Morgan fingerprint density at radius 2 is 2.20 bits per heavy atom. The summed E-state index contributed by atoms with van der Waals surface area (Å²) < 4.78 is 27.2. The van der Waals surface area contributed by atoms with Gasteiger partial charge in [0, 0.05) is 24.0 Å². The molecular weight excluding hydrogens is 396 g/mol. The van der Waals surface area contributed by atoms with Crippen molar-refractivity contribution in [3.05, 3.63) is 47.9 Å². The van der Waals surface area contributed by atoms with E-state index >= 15 is 0 Å². The highest BCUT2D eigenvalue weighted by Gasteiger charge is 2.37. The van der Waals surface area contributed by atoms with Gasteiger partial charge < -0.3 is 15.7 Å². The van der Waals surface area contributed by atoms with Crippen molar-refractivity contribution in [3.63, 3.8) is 0 Å². The third-order valence-corrected chi connectivity index (χ3v) is 4.63. The molecule has 3 aromatic rings. The highest BCUT2D eigenvalue weighted by atomic mass is 19.3. The molecule has 3 N–H and O–H groups in total. The van der Waals surface area contributed by atoms with Crippen LogP contribution in [0.1, 0.15) is 24.1 Å². The van der Waals surface area contributed by atoms with Crippen LogP contribution in [0.5, 0.6) is 0 Å². The molecule has 3 heterocycles. The molecule has 1 unspecified atom stereocenters. The molecule has 11 heteroatoms. The predicted octanol–water partition coefficient (Wildman–Crippen LogP) is 1.98. The van der Waals surface area contributed by atoms with Crippen LogP contribution in [0.15, 0.2) is 36.7 Å². The molecular formula is C19H19F2N7O2. The second-order valence-corrected chi connectivity index (χ2v) is 7.30. The van der Waals surface area contributed by atoms with Crippen LogP contribution in [0.2, 0.25) is 0 Å². The predicted molar refractivity (Wildman–Crippen MR) is 103 cm³/mol. The molecule has 0 radical (unpaired) electrons. The van der Waals surface area contributed by atoms with Gasteiger partial charge in [-0.15, -0.1) is 5.10 Å². The van der Waals surface area contributed by atoms with E-state index in [1.807, 2.05) is 19.1 Å². The van der Waals surface area contributed by atoms with Crippen molar-refractivity contribution in [1.82, 2.24) is 30.3 Å². The molecule has 1 aromatic carbocycles. The summed E-state index contributed by atoms with van der Waals surface area (Å²) in [6.07, 6.45) is 0.273. The number of β-amino-alcohol motifs (C(OH)–C–C–N with tert-alkyl or cyclic N) is 1. The zero-order valence-corrected chi connectivity index (χ0v) is 16.0. The van der Waals surface area contributed by atoms with Gasteiger partial charge in [-0.1, -0.05) is 5.21 Å². The molecule has 30 heavy (non-hydrogen) atoms. The van der Waals surface area contributed by atoms with E-state index in [0.29, 0.717) is 11.4 Å². The number of hydrogen-bond acceptors (Lipinski definition) is 7. The number of aryl methyl sites for hydroxylation is 1. The Morgan fingerprint density at radius 3 is 2.93 bits per heavy atom. The van der Waals surface area contributed by atoms with Crippen molar-refractivity contribution >= 4 is 17.5 Å². The summed E-state index contributed by atoms with van der Waals surface area (Å²) in [5.41, 5.74) is 1.25. The summed E-state index contributed by atoms with van der Waals surface area (Å²) in [5, 5.41) is 24.2. The molecule has 0 bridgehead atoms. The molecule has 2 aromatic heterocycles. The van der Waals surface area contributed by atoms with Crippen molar-refractivity contribution in [1.29, 1.82) is 0 Å². The number of aliphatic hydroxyl groups is 1. The highest BCUT2D eigenvalue weighted by Crippen LogP contribution is 2.26. The molecule has 1 amide bonds. The first kappa shape index (κ1) is 19.8. The van der Waals surface area contributed by atoms with Crippen LogP contribution in [0.25, 0.3) is 11.3 Å². The van der Waals surface area contributed by atoms with E-state index in [9.17, 15) is 18.7 Å². The topological polar surface area (TPSA) is 118 Å². The number of halogens is 2. The van der Waals surface area contributed by atoms with Crippen LogP contribution in [0, 0.1) is 6.92 Å². The first-order valence-electron chi connectivity index (χ1n) is 9.19. The fourth-order valence-corrected chi connectivity index (χ4v) is 3.29. The number of hydrogen-bond donors (Lipinski definition) is 3. The van der Waals surface area contributed by atoms with E-state index in [1.54, 1.807) is 12.3 Å². The number of nitrogens with one attached hydrogen (secondary N) is 2. The Balaban J connectivity index is 1.54. The maximum atomic E-state index is 12.9. The van der Waals surface area contributed by atoms with Gasteiger partial charge in [-0.3, -0.25) is 4.79 Å². The smallest absolute Gasteiger partial charge is 0.280 e. The Bertz CT molecular complexity index is 1090. The molecule has 4 rings (SSSR count). The fraction of sp³-hybridized carbons (Fsp3) is 0.316. The minimum absolute atomic E-state index is 0.0123. The van der Waals surface area contributed by atoms with Crippen molar-refractivity contribution in [2.24, 2.45) is 0 Å². The average Bonchev–Trinajstić information content (AvgIpc) is 3.27. The number of carbonyl (C=O) groups is 1. The molecule has 0 aliphatic carbocycles. The Hall–Kier alpha value is -3.47. The number of aromatic nitrogens is 5. The lowest BCUT2D eigenvalue weighted by atomic mass is 10.0. The van der Waals surface area contributed by atoms with Crippen molar-refractivity contribution in [3.8, 4) is 11.3 Å². The lowest BCUT2D eigenvalue weighted by molar-refractivity contribution is -0.120. The largest absolute Gasteiger partial charge is 0.386 e. The maximum Gasteiger partial charge on any atom is 0.280 e. The minimum atomic E-state index is -2.68. The van der Waals surface area contributed by atoms with Crippen molar-refractivity contribution in [2.75, 3.05) is 11.9 Å². The zero-order chi connectivity index (χ0) is 21.3. The number of anilines is 2. The summed E-state index contributed by atoms with van der Waals surface area (Å²) in [6.45, 7) is 2.18. The molecule has 1 aliphatic heterocycles. The Morgan fingerprint density at radius 1 is 1.37 bits per heavy atom. The van der Waals surface area contributed by atoms with Crippen molar-refractivity contribution in [2.45, 2.75) is 31.9 Å². The van der Waals surface area contributed by atoms with E-state index in [-0.39, 0.29) is 37.1 Å². The van der Waals surface area contributed by atoms with Gasteiger partial charge >= 0.3 is 0 Å². The number of rotatable bonds is 6. The number of nitrogens with zero attached hydrogens (tertiary/aromatic N) is 5. The summed E-state index contributed by atoms with van der Waals surface area (Å²) in [7, 11) is 0. The first-order valence-corrected chi connectivity index (χ1v) is 9.19. The van der Waals surface area contributed by atoms with Gasteiger partial charge in [-0.05, 0) is 36.8 Å². The fourth-order valence-electron chi connectivity index (χ4n) is 3.29. The summed E-state index contributed by atoms with van der Waals surface area (Å²) >= 11 is 0. The first-order chi connectivity index (χ1) is 14.3. The van der Waals surface area contributed by atoms with Crippen LogP contribution in [-0.2, 0) is 11.3 Å². The Kier molecular flexibility index (Phi) is 5.12. The second-order valence-electron chi connectivity index (χ2n) is 7.30. The number of benzene rings is 1. The molecule has 9 nitrogen and oxygen atoms in total. The molecule has 1 atom stereocenters. The SMILES string of the molecule is Cc1cc(Nc2nccc(C(F)F)n2)cc(-c2cn(CC3(O)CNC(=O)C3)nn2)c1. The van der Waals surface area contributed by atoms with E-state index < -0.39 is 12.0 Å². The average molecular weight is 415 g/mol. The number of alkyl halides is 2. The molecule has 1 aliphatic rings. The molecule has 1 fully saturated rings. The Labute approximate surface area is 170 Å². The standard InChI is InChI=1S/C19H19F2N7O2/c1-11-4-12(6-13(5-11)24-18-22-3-2-14(25-18)17(20)21)15-8-28(27-26-15)10-19(30)7-16(29)23-9-19/h2-6,8,17,30H,7,9-10H2,1H3,(H,23,29)(H,22,24,25). The molecule has 1 saturated heterocycles. The van der Waals surface area contributed by atoms with Crippen LogP contribution < -0.4 is 10.6 Å². The van der Waals surface area contributed by atoms with Gasteiger partial charge in [0.2, 0.25) is 11.9 Å². The minimum Gasteiger partial charge on any atom is -0.386 e. The van der Waals surface area contributed by atoms with Gasteiger partial charge in [-0.2, -0.15) is 0 Å². The van der Waals surface area contributed by atoms with E-state index in [2.05, 4.69) is 30.9 Å². The lowest BCUT2D eigenvalue weighted by Crippen LogP contribution is -2.36. The van der Waals surface area contributed by atoms with Gasteiger partial charge in [-0.25, -0.2) is 23.4 Å². The van der Waals surface area contributed by atoms with E-state index in [0.717, 1.165) is 17.2 Å². The zero-order valence-electron chi connectivity index (χ0n) is 16.0. The van der Waals surface area contributed by atoms with Gasteiger partial charge in [0.05, 0.1) is 19.2 Å². The summed E-state index contributed by atoms with van der Waals surface area (Å²) in [4.78, 5) is 19.2. The van der Waals surface area contributed by atoms with Crippen LogP contribution >= 0.6 is 0 Å². The van der Waals surface area contributed by atoms with E-state index in [1.165, 1.54) is 10.9 Å². The molecule has 0 saturated carbocycles. The number of amides is 1. The van der Waals surface area contributed by atoms with Gasteiger partial charge in [0.15, 0.2) is 0 Å². The lowest BCUT2D eigenvalue weighted by Gasteiger charge is -2.18. The monoisotopic (exact) mass is 415 g/mol. The summed E-state index contributed by atoms with van der Waals surface area (Å²) in [6, 6.07) is 6.66. The maximum absolute atomic E-state index is 12.9. The van der Waals surface area contributed by atoms with Crippen molar-refractivity contribution < 1.29 is 18.7 Å². The third kappa shape index (κ3) is 4.40. The van der Waals surface area contributed by atoms with E-state index in [4.69, 9.17) is 0 Å². The summed E-state index contributed by atoms with van der Waals surface area (Å²) in [5.74, 6) is -0.140. The van der Waals surface area contributed by atoms with Gasteiger partial charge in [0.25, 0.3) is 6.43 Å². The van der Waals surface area contributed by atoms with Gasteiger partial charge in [0.1, 0.15) is 17.0 Å². The highest BCUT2D eigenvalue weighted by molar-refractivity contribution is 5.79.